The highest BCUT2D eigenvalue weighted by Crippen LogP contribution is 2.20. The molecule has 0 aromatic heterocycles. The van der Waals surface area contributed by atoms with Gasteiger partial charge >= 0.3 is 5.97 Å². The van der Waals surface area contributed by atoms with Crippen LogP contribution in [0.4, 0.5) is 0 Å². The number of primary amides is 4. The summed E-state index contributed by atoms with van der Waals surface area (Å²) in [6.07, 6.45) is -3.11. The summed E-state index contributed by atoms with van der Waals surface area (Å²) in [5.41, 5.74) is 26.2. The molecule has 0 spiro atoms. The van der Waals surface area contributed by atoms with Crippen LogP contribution in [0.1, 0.15) is 57.8 Å². The van der Waals surface area contributed by atoms with E-state index < -0.39 is 159 Å². The number of carbonyl (C=O) groups excluding carboxylic acids is 10. The first-order chi connectivity index (χ1) is 25.7. The molecule has 1 fully saturated rings. The van der Waals surface area contributed by atoms with Crippen LogP contribution in [0.15, 0.2) is 0 Å². The lowest BCUT2D eigenvalue weighted by molar-refractivity contribution is -0.144. The van der Waals surface area contributed by atoms with Crippen molar-refractivity contribution in [1.29, 1.82) is 0 Å². The van der Waals surface area contributed by atoms with Crippen LogP contribution in [-0.4, -0.2) is 147 Å². The molecule has 0 saturated carbocycles. The van der Waals surface area contributed by atoms with Crippen molar-refractivity contribution < 1.29 is 68.1 Å². The summed E-state index contributed by atoms with van der Waals surface area (Å²) in [6.45, 7) is -1.96. The topological polar surface area (TPSA) is 442 Å². The van der Waals surface area contributed by atoms with E-state index >= 15 is 0 Å². The van der Waals surface area contributed by atoms with E-state index in [9.17, 15) is 68.1 Å². The second kappa shape index (κ2) is 23.0. The van der Waals surface area contributed by atoms with E-state index in [1.54, 1.807) is 0 Å². The summed E-state index contributed by atoms with van der Waals surface area (Å²) in [4.78, 5) is 137. The predicted molar refractivity (Wildman–Crippen MR) is 183 cm³/mol. The number of aliphatic hydroxyl groups is 2. The first kappa shape index (κ1) is 47.1. The van der Waals surface area contributed by atoms with Crippen molar-refractivity contribution in [3.63, 3.8) is 0 Å². The van der Waals surface area contributed by atoms with Gasteiger partial charge in [-0.2, -0.15) is 0 Å². The standard InChI is InChI=1S/C30H49N11O14/c31-13(11-42)24(48)36-14(3-6-20(32)44)25(49)39-17(10-23(35)47)29(53)41-9-1-2-19(41)28(52)37-15(4-7-21(33)45)26(50)40-18(12-43)27(51)38-16(30(54)55)5-8-22(34)46/h13-19,42-43H,1-12,31H2,(H2,32,44)(H2,33,45)(H2,34,46)(H2,35,47)(H,36,48)(H,37,52)(H,38,51)(H,39,49)(H,40,50)(H,54,55)/t13-,14-,15-,16-,17-,18-,19-/m0/s1. The van der Waals surface area contributed by atoms with E-state index in [-0.39, 0.29) is 25.8 Å². The fraction of sp³-hybridized carbons (Fsp3) is 0.633. The molecule has 1 aliphatic rings. The van der Waals surface area contributed by atoms with Crippen LogP contribution in [0.2, 0.25) is 0 Å². The maximum absolute atomic E-state index is 13.7. The number of amides is 10. The number of likely N-dealkylation sites (tertiary alicyclic amines) is 1. The van der Waals surface area contributed by atoms with Gasteiger partial charge in [0.15, 0.2) is 0 Å². The van der Waals surface area contributed by atoms with Crippen molar-refractivity contribution in [3.05, 3.63) is 0 Å². The first-order valence-electron chi connectivity index (χ1n) is 16.9. The van der Waals surface area contributed by atoms with Crippen molar-refractivity contribution >= 4 is 65.0 Å². The number of hydrogen-bond donors (Lipinski definition) is 13. The summed E-state index contributed by atoms with van der Waals surface area (Å²) in [7, 11) is 0. The van der Waals surface area contributed by atoms with Gasteiger partial charge in [-0.15, -0.1) is 0 Å². The Balaban J connectivity index is 3.24. The van der Waals surface area contributed by atoms with Crippen LogP contribution < -0.4 is 55.3 Å². The second-order valence-electron chi connectivity index (χ2n) is 12.5. The summed E-state index contributed by atoms with van der Waals surface area (Å²) in [5.74, 6) is -11.6. The monoisotopic (exact) mass is 787 g/mol. The maximum atomic E-state index is 13.7. The Labute approximate surface area is 313 Å². The van der Waals surface area contributed by atoms with E-state index in [4.69, 9.17) is 28.7 Å². The molecule has 0 bridgehead atoms. The van der Waals surface area contributed by atoms with Crippen LogP contribution in [0.25, 0.3) is 0 Å². The molecule has 10 amide bonds. The van der Waals surface area contributed by atoms with Gasteiger partial charge in [0, 0.05) is 25.8 Å². The Morgan fingerprint density at radius 1 is 0.582 bits per heavy atom. The third kappa shape index (κ3) is 16.3. The number of aliphatic hydroxyl groups excluding tert-OH is 2. The smallest absolute Gasteiger partial charge is 0.326 e. The summed E-state index contributed by atoms with van der Waals surface area (Å²) >= 11 is 0. The Morgan fingerprint density at radius 3 is 1.47 bits per heavy atom. The number of carboxylic acids is 1. The molecule has 0 radical (unpaired) electrons. The lowest BCUT2D eigenvalue weighted by Gasteiger charge is -2.30. The number of rotatable bonds is 25. The van der Waals surface area contributed by atoms with Crippen molar-refractivity contribution in [2.45, 2.75) is 100 Å². The molecule has 55 heavy (non-hydrogen) atoms. The van der Waals surface area contributed by atoms with E-state index in [1.807, 2.05) is 5.32 Å². The predicted octanol–water partition coefficient (Wildman–Crippen LogP) is -8.53. The summed E-state index contributed by atoms with van der Waals surface area (Å²) < 4.78 is 0. The zero-order valence-corrected chi connectivity index (χ0v) is 29.7. The fourth-order valence-electron chi connectivity index (χ4n) is 5.20. The molecule has 1 rings (SSSR count). The molecule has 308 valence electrons. The molecule has 18 N–H and O–H groups in total. The SMILES string of the molecule is NC(=O)CC[C@H](NC(=O)[C@H](CO)NC(=O)[C@H](CCC(N)=O)NC(=O)[C@@H]1CCCN1C(=O)[C@H](CC(N)=O)NC(=O)[C@H](CCC(N)=O)NC(=O)[C@@H](N)CO)C(=O)O. The van der Waals surface area contributed by atoms with Gasteiger partial charge < -0.3 is 75.5 Å². The van der Waals surface area contributed by atoms with Crippen LogP contribution in [0.5, 0.6) is 0 Å². The molecule has 1 heterocycles. The van der Waals surface area contributed by atoms with Crippen molar-refractivity contribution in [2.24, 2.45) is 28.7 Å². The van der Waals surface area contributed by atoms with E-state index in [1.165, 1.54) is 0 Å². The molecule has 1 saturated heterocycles. The maximum Gasteiger partial charge on any atom is 0.326 e. The van der Waals surface area contributed by atoms with Gasteiger partial charge in [-0.1, -0.05) is 0 Å². The number of nitrogens with two attached hydrogens (primary N) is 5. The molecule has 0 unspecified atom stereocenters. The largest absolute Gasteiger partial charge is 0.480 e. The number of hydrogen-bond acceptors (Lipinski definition) is 14. The van der Waals surface area contributed by atoms with Gasteiger partial charge in [0.05, 0.1) is 19.6 Å². The molecule has 0 aromatic carbocycles. The van der Waals surface area contributed by atoms with Crippen LogP contribution in [0.3, 0.4) is 0 Å². The Hall–Kier alpha value is -5.95. The highest BCUT2D eigenvalue weighted by atomic mass is 16.4. The van der Waals surface area contributed by atoms with Crippen molar-refractivity contribution in [2.75, 3.05) is 19.8 Å². The lowest BCUT2D eigenvalue weighted by Crippen LogP contribution is -2.60. The quantitative estimate of drug-likeness (QED) is 0.0409. The molecule has 0 aromatic rings. The Bertz CT molecular complexity index is 1480. The lowest BCUT2D eigenvalue weighted by atomic mass is 10.1. The zero-order chi connectivity index (χ0) is 42.0. The molecular formula is C30H49N11O14. The molecule has 25 nitrogen and oxygen atoms in total. The van der Waals surface area contributed by atoms with Gasteiger partial charge in [0.1, 0.15) is 42.3 Å². The fourth-order valence-corrected chi connectivity index (χ4v) is 5.20. The summed E-state index contributed by atoms with van der Waals surface area (Å²) in [5, 5.41) is 39.3. The van der Waals surface area contributed by atoms with Gasteiger partial charge in [-0.05, 0) is 32.1 Å². The zero-order valence-electron chi connectivity index (χ0n) is 29.7. The van der Waals surface area contributed by atoms with E-state index in [2.05, 4.69) is 21.3 Å². The van der Waals surface area contributed by atoms with Gasteiger partial charge in [-0.25, -0.2) is 4.79 Å². The normalized spacial score (nSPS) is 16.9. The summed E-state index contributed by atoms with van der Waals surface area (Å²) in [6, 6.07) is -11.1. The highest BCUT2D eigenvalue weighted by molar-refractivity contribution is 5.98. The van der Waals surface area contributed by atoms with Crippen LogP contribution in [-0.2, 0) is 52.7 Å². The number of aliphatic carboxylic acids is 1. The first-order valence-corrected chi connectivity index (χ1v) is 16.9. The highest BCUT2D eigenvalue weighted by Gasteiger charge is 2.40. The van der Waals surface area contributed by atoms with Gasteiger partial charge in [0.25, 0.3) is 0 Å². The number of nitrogens with one attached hydrogen (secondary N) is 5. The third-order valence-electron chi connectivity index (χ3n) is 8.13. The van der Waals surface area contributed by atoms with E-state index in [0.29, 0.717) is 0 Å². The number of carboxylic acid groups (broad SMARTS) is 1. The third-order valence-corrected chi connectivity index (χ3v) is 8.13. The average Bonchev–Trinajstić information content (AvgIpc) is 3.60. The van der Waals surface area contributed by atoms with Gasteiger partial charge in [0.2, 0.25) is 59.1 Å². The molecule has 0 aliphatic carbocycles. The minimum absolute atomic E-state index is 0.00113. The minimum atomic E-state index is -1.78. The number of nitrogens with zero attached hydrogens (tertiary/aromatic N) is 1. The second-order valence-corrected chi connectivity index (χ2v) is 12.5. The van der Waals surface area contributed by atoms with Crippen LogP contribution in [0, 0.1) is 0 Å². The van der Waals surface area contributed by atoms with E-state index in [0.717, 1.165) is 4.90 Å². The van der Waals surface area contributed by atoms with Gasteiger partial charge in [-0.3, -0.25) is 47.9 Å². The Morgan fingerprint density at radius 2 is 1.02 bits per heavy atom. The molecule has 1 aliphatic heterocycles. The van der Waals surface area contributed by atoms with Crippen molar-refractivity contribution in [3.8, 4) is 0 Å². The van der Waals surface area contributed by atoms with Crippen molar-refractivity contribution in [1.82, 2.24) is 31.5 Å². The molecule has 25 heteroatoms. The number of carbonyl (C=O) groups is 11. The molecule has 7 atom stereocenters. The van der Waals surface area contributed by atoms with Crippen LogP contribution >= 0.6 is 0 Å². The average molecular weight is 788 g/mol. The molecular weight excluding hydrogens is 738 g/mol. The Kier molecular flexibility index (Phi) is 19.7. The minimum Gasteiger partial charge on any atom is -0.480 e.